The highest BCUT2D eigenvalue weighted by molar-refractivity contribution is 7.90. The Kier molecular flexibility index (Phi) is 6.21. The molecule has 0 radical (unpaired) electrons. The first-order chi connectivity index (χ1) is 12.2. The van der Waals surface area contributed by atoms with Crippen LogP contribution < -0.4 is 10.6 Å². The highest BCUT2D eigenvalue weighted by Crippen LogP contribution is 2.40. The molecule has 0 heterocycles. The van der Waals surface area contributed by atoms with E-state index >= 15 is 0 Å². The Bertz CT molecular complexity index is 804. The zero-order chi connectivity index (χ0) is 19.3. The molecule has 2 rings (SSSR count). The minimum Gasteiger partial charge on any atom is -0.335 e. The van der Waals surface area contributed by atoms with E-state index in [-0.39, 0.29) is 18.5 Å². The fraction of sp³-hybridized carbons (Fsp3) is 0.471. The molecule has 1 aromatic carbocycles. The summed E-state index contributed by atoms with van der Waals surface area (Å²) < 4.78 is 23.1. The maximum atomic E-state index is 12.3. The molecule has 0 spiro atoms. The number of rotatable bonds is 7. The van der Waals surface area contributed by atoms with E-state index in [2.05, 4.69) is 10.6 Å². The Morgan fingerprint density at radius 1 is 1.35 bits per heavy atom. The summed E-state index contributed by atoms with van der Waals surface area (Å²) in [6, 6.07) is 7.72. The van der Waals surface area contributed by atoms with Gasteiger partial charge in [-0.3, -0.25) is 4.79 Å². The second kappa shape index (κ2) is 8.19. The summed E-state index contributed by atoms with van der Waals surface area (Å²) in [6.07, 6.45) is 3.44. The van der Waals surface area contributed by atoms with Gasteiger partial charge in [0, 0.05) is 24.8 Å². The second-order valence-corrected chi connectivity index (χ2v) is 8.49. The minimum absolute atomic E-state index is 0.0652. The van der Waals surface area contributed by atoms with Gasteiger partial charge in [-0.25, -0.2) is 18.1 Å². The van der Waals surface area contributed by atoms with E-state index in [1.54, 1.807) is 13.1 Å². The molecule has 1 aromatic rings. The molecule has 140 valence electrons. The van der Waals surface area contributed by atoms with E-state index in [4.69, 9.17) is 5.26 Å². The van der Waals surface area contributed by atoms with Crippen LogP contribution >= 0.6 is 0 Å². The van der Waals surface area contributed by atoms with Crippen molar-refractivity contribution in [1.29, 1.82) is 5.26 Å². The maximum Gasteiger partial charge on any atom is 0.315 e. The van der Waals surface area contributed by atoms with Gasteiger partial charge >= 0.3 is 6.03 Å². The van der Waals surface area contributed by atoms with Crippen LogP contribution in [0.1, 0.15) is 24.8 Å². The number of urea groups is 1. The molecule has 26 heavy (non-hydrogen) atoms. The highest BCUT2D eigenvalue weighted by Gasteiger charge is 2.40. The van der Waals surface area contributed by atoms with Gasteiger partial charge in [0.05, 0.1) is 5.75 Å². The van der Waals surface area contributed by atoms with Crippen LogP contribution in [0.15, 0.2) is 30.3 Å². The van der Waals surface area contributed by atoms with E-state index in [0.717, 1.165) is 23.1 Å². The lowest BCUT2D eigenvalue weighted by molar-refractivity contribution is -0.129. The topological polar surface area (TPSA) is 119 Å². The molecule has 3 atom stereocenters. The summed E-state index contributed by atoms with van der Waals surface area (Å²) in [4.78, 5) is 25.3. The van der Waals surface area contributed by atoms with Crippen molar-refractivity contribution in [3.8, 4) is 6.19 Å². The number of hydrogen-bond donors (Lipinski definition) is 2. The molecule has 1 saturated carbocycles. The molecule has 3 amide bonds. The average molecular weight is 378 g/mol. The van der Waals surface area contributed by atoms with E-state index in [1.807, 2.05) is 30.3 Å². The third-order valence-electron chi connectivity index (χ3n) is 4.11. The molecule has 9 heteroatoms. The summed E-state index contributed by atoms with van der Waals surface area (Å²) in [5, 5.41) is 14.1. The fourth-order valence-electron chi connectivity index (χ4n) is 2.73. The fourth-order valence-corrected chi connectivity index (χ4v) is 3.56. The lowest BCUT2D eigenvalue weighted by Crippen LogP contribution is -2.53. The van der Waals surface area contributed by atoms with Gasteiger partial charge in [-0.15, -0.1) is 0 Å². The third kappa shape index (κ3) is 5.46. The van der Waals surface area contributed by atoms with E-state index in [9.17, 15) is 18.0 Å². The molecule has 0 aromatic heterocycles. The van der Waals surface area contributed by atoms with Crippen LogP contribution in [0.4, 0.5) is 4.79 Å². The Morgan fingerprint density at radius 3 is 2.54 bits per heavy atom. The quantitative estimate of drug-likeness (QED) is 0.531. The smallest absolute Gasteiger partial charge is 0.315 e. The third-order valence-corrected chi connectivity index (χ3v) is 5.05. The molecule has 0 bridgehead atoms. The van der Waals surface area contributed by atoms with Crippen molar-refractivity contribution in [3.63, 3.8) is 0 Å². The molecule has 2 N–H and O–H groups in total. The number of hydrogen-bond acceptors (Lipinski definition) is 5. The van der Waals surface area contributed by atoms with E-state index in [1.165, 1.54) is 0 Å². The van der Waals surface area contributed by atoms with Gasteiger partial charge in [0.15, 0.2) is 6.19 Å². The predicted octanol–water partition coefficient (Wildman–Crippen LogP) is 0.584. The largest absolute Gasteiger partial charge is 0.335 e. The summed E-state index contributed by atoms with van der Waals surface area (Å²) in [6.45, 7) is 1.69. The van der Waals surface area contributed by atoms with Crippen LogP contribution in [0.25, 0.3) is 0 Å². The number of nitriles is 1. The highest BCUT2D eigenvalue weighted by atomic mass is 32.2. The van der Waals surface area contributed by atoms with Gasteiger partial charge in [0.2, 0.25) is 0 Å². The molecular weight excluding hydrogens is 356 g/mol. The zero-order valence-electron chi connectivity index (χ0n) is 14.7. The Morgan fingerprint density at radius 2 is 2.00 bits per heavy atom. The lowest BCUT2D eigenvalue weighted by atomic mass is 10.1. The summed E-state index contributed by atoms with van der Waals surface area (Å²) in [5.41, 5.74) is 1.11. The van der Waals surface area contributed by atoms with Crippen molar-refractivity contribution in [2.45, 2.75) is 31.3 Å². The Labute approximate surface area is 153 Å². The monoisotopic (exact) mass is 378 g/mol. The predicted molar refractivity (Wildman–Crippen MR) is 95.8 cm³/mol. The van der Waals surface area contributed by atoms with Gasteiger partial charge in [0.25, 0.3) is 5.91 Å². The molecule has 1 aliphatic carbocycles. The SMILES string of the molecule is CCN(C#N)C(=O)C(CS(C)(=O)=O)NC(=O)NC1CC1c1ccccc1. The van der Waals surface area contributed by atoms with Gasteiger partial charge < -0.3 is 10.6 Å². The molecule has 8 nitrogen and oxygen atoms in total. The number of carbonyl (C=O) groups excluding carboxylic acids is 2. The van der Waals surface area contributed by atoms with Crippen molar-refractivity contribution in [3.05, 3.63) is 35.9 Å². The van der Waals surface area contributed by atoms with Crippen molar-refractivity contribution >= 4 is 21.8 Å². The Hall–Kier alpha value is -2.60. The number of nitrogens with zero attached hydrogens (tertiary/aromatic N) is 2. The summed E-state index contributed by atoms with van der Waals surface area (Å²) >= 11 is 0. The molecule has 1 aliphatic rings. The normalized spacial score (nSPS) is 19.7. The van der Waals surface area contributed by atoms with E-state index < -0.39 is 33.6 Å². The number of likely N-dealkylation sites (N-methyl/N-ethyl adjacent to an activating group) is 1. The van der Waals surface area contributed by atoms with Crippen molar-refractivity contribution < 1.29 is 18.0 Å². The zero-order valence-corrected chi connectivity index (χ0v) is 15.5. The van der Waals surface area contributed by atoms with E-state index in [0.29, 0.717) is 0 Å². The van der Waals surface area contributed by atoms with Gasteiger partial charge in [-0.1, -0.05) is 30.3 Å². The van der Waals surface area contributed by atoms with Crippen LogP contribution in [-0.2, 0) is 14.6 Å². The first-order valence-corrected chi connectivity index (χ1v) is 10.3. The summed E-state index contributed by atoms with van der Waals surface area (Å²) in [5.74, 6) is -1.10. The first-order valence-electron chi connectivity index (χ1n) is 8.26. The molecule has 0 saturated heterocycles. The molecular formula is C17H22N4O4S. The number of carbonyl (C=O) groups is 2. The van der Waals surface area contributed by atoms with Crippen LogP contribution in [0.2, 0.25) is 0 Å². The minimum atomic E-state index is -3.53. The van der Waals surface area contributed by atoms with Crippen molar-refractivity contribution in [1.82, 2.24) is 15.5 Å². The van der Waals surface area contributed by atoms with Crippen molar-refractivity contribution in [2.75, 3.05) is 18.6 Å². The molecule has 3 unspecified atom stereocenters. The summed E-state index contributed by atoms with van der Waals surface area (Å²) in [7, 11) is -3.53. The average Bonchev–Trinajstić information content (AvgIpc) is 3.33. The number of nitrogens with one attached hydrogen (secondary N) is 2. The molecule has 1 fully saturated rings. The standard InChI is InChI=1S/C17H22N4O4S/c1-3-21(11-18)16(22)15(10-26(2,24)25)20-17(23)19-14-9-13(14)12-7-5-4-6-8-12/h4-8,13-15H,3,9-10H2,1-2H3,(H2,19,20,23). The maximum absolute atomic E-state index is 12.3. The second-order valence-electron chi connectivity index (χ2n) is 6.30. The van der Waals surface area contributed by atoms with Crippen LogP contribution in [0.3, 0.4) is 0 Å². The van der Waals surface area contributed by atoms with Gasteiger partial charge in [-0.2, -0.15) is 5.26 Å². The molecule has 0 aliphatic heterocycles. The van der Waals surface area contributed by atoms with Crippen LogP contribution in [0, 0.1) is 11.5 Å². The number of amides is 3. The van der Waals surface area contributed by atoms with Crippen molar-refractivity contribution in [2.24, 2.45) is 0 Å². The lowest BCUT2D eigenvalue weighted by Gasteiger charge is -2.21. The van der Waals surface area contributed by atoms with Gasteiger partial charge in [0.1, 0.15) is 15.9 Å². The van der Waals surface area contributed by atoms with Crippen LogP contribution in [-0.4, -0.2) is 55.9 Å². The number of sulfone groups is 1. The Balaban J connectivity index is 1.98. The first kappa shape index (κ1) is 19.7. The van der Waals surface area contributed by atoms with Crippen LogP contribution in [0.5, 0.6) is 0 Å². The van der Waals surface area contributed by atoms with Gasteiger partial charge in [-0.05, 0) is 18.9 Å². The number of benzene rings is 1.